The average molecular weight is 328 g/mol. The van der Waals surface area contributed by atoms with E-state index < -0.39 is 0 Å². The van der Waals surface area contributed by atoms with Crippen molar-refractivity contribution < 1.29 is 19.1 Å². The summed E-state index contributed by atoms with van der Waals surface area (Å²) in [6, 6.07) is 12.9. The second-order valence-corrected chi connectivity index (χ2v) is 4.98. The van der Waals surface area contributed by atoms with Crippen molar-refractivity contribution >= 4 is 17.8 Å². The molecule has 1 amide bonds. The molecule has 2 aromatic carbocycles. The third-order valence-electron chi connectivity index (χ3n) is 3.33. The zero-order chi connectivity index (χ0) is 17.4. The molecule has 0 aromatic heterocycles. The van der Waals surface area contributed by atoms with Gasteiger partial charge in [0, 0.05) is 6.07 Å². The lowest BCUT2D eigenvalue weighted by molar-refractivity contribution is -0.120. The third kappa shape index (κ3) is 4.74. The summed E-state index contributed by atoms with van der Waals surface area (Å²) >= 11 is 0. The van der Waals surface area contributed by atoms with Crippen molar-refractivity contribution in [1.82, 2.24) is 0 Å². The summed E-state index contributed by atoms with van der Waals surface area (Å²) < 4.78 is 10.3. The summed E-state index contributed by atoms with van der Waals surface area (Å²) in [5.74, 6) is 0.815. The van der Waals surface area contributed by atoms with Crippen LogP contribution < -0.4 is 14.8 Å². The van der Waals surface area contributed by atoms with E-state index in [4.69, 9.17) is 14.3 Å². The number of anilines is 1. The Balaban J connectivity index is 1.89. The van der Waals surface area contributed by atoms with Crippen LogP contribution in [-0.4, -0.2) is 32.9 Å². The molecule has 0 bridgehead atoms. The van der Waals surface area contributed by atoms with E-state index in [0.717, 1.165) is 11.1 Å². The predicted octanol–water partition coefficient (Wildman–Crippen LogP) is 3.00. The van der Waals surface area contributed by atoms with Crippen LogP contribution in [0.4, 0.5) is 5.69 Å². The van der Waals surface area contributed by atoms with Crippen LogP contribution in [0.1, 0.15) is 11.1 Å². The highest BCUT2D eigenvalue weighted by molar-refractivity contribution is 5.93. The van der Waals surface area contributed by atoms with Crippen LogP contribution in [0.15, 0.2) is 47.6 Å². The van der Waals surface area contributed by atoms with Gasteiger partial charge in [-0.05, 0) is 30.2 Å². The van der Waals surface area contributed by atoms with Gasteiger partial charge in [0.25, 0.3) is 5.91 Å². The number of ether oxygens (including phenoxy) is 2. The van der Waals surface area contributed by atoms with E-state index >= 15 is 0 Å². The van der Waals surface area contributed by atoms with Crippen LogP contribution in [0.3, 0.4) is 0 Å². The monoisotopic (exact) mass is 328 g/mol. The second-order valence-electron chi connectivity index (χ2n) is 4.98. The molecule has 0 atom stereocenters. The van der Waals surface area contributed by atoms with Gasteiger partial charge in [0.15, 0.2) is 6.61 Å². The molecule has 2 rings (SSSR count). The molecular weight excluding hydrogens is 308 g/mol. The van der Waals surface area contributed by atoms with Crippen LogP contribution in [0, 0.1) is 6.92 Å². The number of carbonyl (C=O) groups excluding carboxylic acids is 1. The minimum atomic E-state index is -0.333. The number of nitrogens with one attached hydrogen (secondary N) is 1. The summed E-state index contributed by atoms with van der Waals surface area (Å²) in [6.07, 6.45) is 1.58. The van der Waals surface area contributed by atoms with Gasteiger partial charge < -0.3 is 19.6 Å². The van der Waals surface area contributed by atoms with Gasteiger partial charge in [0.2, 0.25) is 0 Å². The molecular formula is C18H20N2O4. The van der Waals surface area contributed by atoms with Gasteiger partial charge in [0.05, 0.1) is 26.1 Å². The summed E-state index contributed by atoms with van der Waals surface area (Å²) in [5, 5.41) is 6.52. The lowest BCUT2D eigenvalue weighted by Gasteiger charge is -2.11. The lowest BCUT2D eigenvalue weighted by Crippen LogP contribution is -2.17. The number of benzene rings is 2. The van der Waals surface area contributed by atoms with Gasteiger partial charge in [0.1, 0.15) is 11.5 Å². The van der Waals surface area contributed by atoms with E-state index in [2.05, 4.69) is 10.5 Å². The van der Waals surface area contributed by atoms with Gasteiger partial charge in [-0.25, -0.2) is 0 Å². The molecule has 1 N–H and O–H groups in total. The maximum atomic E-state index is 11.9. The van der Waals surface area contributed by atoms with Crippen molar-refractivity contribution in [2.75, 3.05) is 26.1 Å². The molecule has 126 valence electrons. The normalized spacial score (nSPS) is 10.5. The predicted molar refractivity (Wildman–Crippen MR) is 92.9 cm³/mol. The Morgan fingerprint density at radius 2 is 1.96 bits per heavy atom. The molecule has 0 aliphatic carbocycles. The van der Waals surface area contributed by atoms with Crippen molar-refractivity contribution in [2.45, 2.75) is 6.92 Å². The molecule has 0 spiro atoms. The quantitative estimate of drug-likeness (QED) is 0.626. The highest BCUT2D eigenvalue weighted by Gasteiger charge is 2.09. The number of carbonyl (C=O) groups is 1. The summed E-state index contributed by atoms with van der Waals surface area (Å²) in [5.41, 5.74) is 2.56. The van der Waals surface area contributed by atoms with Crippen molar-refractivity contribution in [3.63, 3.8) is 0 Å². The van der Waals surface area contributed by atoms with E-state index in [1.807, 2.05) is 31.2 Å². The van der Waals surface area contributed by atoms with E-state index in [1.165, 1.54) is 7.11 Å². The minimum Gasteiger partial charge on any atom is -0.497 e. The Bertz CT molecular complexity index is 729. The van der Waals surface area contributed by atoms with Crippen LogP contribution in [0.2, 0.25) is 0 Å². The van der Waals surface area contributed by atoms with E-state index in [1.54, 1.807) is 31.5 Å². The minimum absolute atomic E-state index is 0.197. The number of methoxy groups -OCH3 is 2. The standard InChI is InChI=1S/C18H20N2O4/c1-13-6-4-5-7-14(13)11-19-24-12-18(21)20-16-9-8-15(22-2)10-17(16)23-3/h4-11H,12H2,1-3H3,(H,20,21)/b19-11-. The fourth-order valence-electron chi connectivity index (χ4n) is 2.01. The fourth-order valence-corrected chi connectivity index (χ4v) is 2.01. The Morgan fingerprint density at radius 3 is 2.67 bits per heavy atom. The highest BCUT2D eigenvalue weighted by atomic mass is 16.6. The highest BCUT2D eigenvalue weighted by Crippen LogP contribution is 2.28. The number of rotatable bonds is 7. The van der Waals surface area contributed by atoms with Crippen molar-refractivity contribution in [1.29, 1.82) is 0 Å². The molecule has 2 aromatic rings. The number of aryl methyl sites for hydroxylation is 1. The number of amides is 1. The number of nitrogens with zero attached hydrogens (tertiary/aromatic N) is 1. The van der Waals surface area contributed by atoms with Crippen molar-refractivity contribution in [3.8, 4) is 11.5 Å². The Labute approximate surface area is 141 Å². The molecule has 0 aliphatic heterocycles. The van der Waals surface area contributed by atoms with Gasteiger partial charge in [-0.15, -0.1) is 0 Å². The number of hydrogen-bond donors (Lipinski definition) is 1. The Morgan fingerprint density at radius 1 is 1.17 bits per heavy atom. The van der Waals surface area contributed by atoms with Crippen LogP contribution in [0.25, 0.3) is 0 Å². The number of hydrogen-bond acceptors (Lipinski definition) is 5. The lowest BCUT2D eigenvalue weighted by atomic mass is 10.1. The third-order valence-corrected chi connectivity index (χ3v) is 3.33. The average Bonchev–Trinajstić information content (AvgIpc) is 2.60. The Kier molecular flexibility index (Phi) is 6.19. The van der Waals surface area contributed by atoms with Gasteiger partial charge in [-0.2, -0.15) is 0 Å². The zero-order valence-electron chi connectivity index (χ0n) is 13.9. The molecule has 0 heterocycles. The van der Waals surface area contributed by atoms with Crippen LogP contribution >= 0.6 is 0 Å². The Hall–Kier alpha value is -3.02. The molecule has 0 aliphatic rings. The SMILES string of the molecule is COc1ccc(NC(=O)CO/N=C\c2ccccc2C)c(OC)c1. The molecule has 6 heteroatoms. The smallest absolute Gasteiger partial charge is 0.265 e. The topological polar surface area (TPSA) is 69.2 Å². The first kappa shape index (κ1) is 17.3. The van der Waals surface area contributed by atoms with Crippen molar-refractivity contribution in [2.24, 2.45) is 5.16 Å². The van der Waals surface area contributed by atoms with Crippen LogP contribution in [-0.2, 0) is 9.63 Å². The maximum Gasteiger partial charge on any atom is 0.265 e. The first-order valence-corrected chi connectivity index (χ1v) is 7.37. The summed E-state index contributed by atoms with van der Waals surface area (Å²) in [7, 11) is 3.08. The first-order valence-electron chi connectivity index (χ1n) is 7.37. The van der Waals surface area contributed by atoms with E-state index in [0.29, 0.717) is 17.2 Å². The molecule has 0 unspecified atom stereocenters. The van der Waals surface area contributed by atoms with Crippen LogP contribution in [0.5, 0.6) is 11.5 Å². The summed E-state index contributed by atoms with van der Waals surface area (Å²) in [6.45, 7) is 1.78. The van der Waals surface area contributed by atoms with Crippen molar-refractivity contribution in [3.05, 3.63) is 53.6 Å². The molecule has 24 heavy (non-hydrogen) atoms. The van der Waals surface area contributed by atoms with E-state index in [9.17, 15) is 4.79 Å². The molecule has 0 saturated carbocycles. The number of oxime groups is 1. The second kappa shape index (κ2) is 8.57. The molecule has 0 fully saturated rings. The molecule has 0 radical (unpaired) electrons. The largest absolute Gasteiger partial charge is 0.497 e. The van der Waals surface area contributed by atoms with Gasteiger partial charge in [-0.3, -0.25) is 4.79 Å². The molecule has 6 nitrogen and oxygen atoms in total. The maximum absolute atomic E-state index is 11.9. The van der Waals surface area contributed by atoms with E-state index in [-0.39, 0.29) is 12.5 Å². The van der Waals surface area contributed by atoms with Gasteiger partial charge in [-0.1, -0.05) is 29.4 Å². The molecule has 0 saturated heterocycles. The van der Waals surface area contributed by atoms with Gasteiger partial charge >= 0.3 is 0 Å². The first-order chi connectivity index (χ1) is 11.6. The summed E-state index contributed by atoms with van der Waals surface area (Å²) in [4.78, 5) is 17.0. The zero-order valence-corrected chi connectivity index (χ0v) is 13.9. The fraction of sp³-hybridized carbons (Fsp3) is 0.222.